The lowest BCUT2D eigenvalue weighted by Gasteiger charge is -2.19. The Hall–Kier alpha value is -1.52. The minimum Gasteiger partial charge on any atom is -0.388 e. The summed E-state index contributed by atoms with van der Waals surface area (Å²) < 4.78 is 1.06. The average molecular weight is 381 g/mol. The molecule has 5 heteroatoms. The van der Waals surface area contributed by atoms with E-state index in [4.69, 9.17) is 16.7 Å². The molecule has 0 amide bonds. The fourth-order valence-electron chi connectivity index (χ4n) is 2.19. The highest BCUT2D eigenvalue weighted by Gasteiger charge is 2.09. The summed E-state index contributed by atoms with van der Waals surface area (Å²) in [5.41, 5.74) is 3.98. The summed E-state index contributed by atoms with van der Waals surface area (Å²) in [6.07, 6.45) is 0. The molecule has 2 aromatic rings. The molecule has 2 aromatic carbocycles. The number of anilines is 2. The molecule has 0 spiro atoms. The minimum atomic E-state index is 0.704. The van der Waals surface area contributed by atoms with E-state index in [2.05, 4.69) is 28.2 Å². The van der Waals surface area contributed by atoms with Gasteiger partial charge in [-0.25, -0.2) is 0 Å². The number of rotatable bonds is 5. The maximum atomic E-state index is 6.12. The molecule has 0 atom stereocenters. The van der Waals surface area contributed by atoms with Crippen LogP contribution in [0, 0.1) is 0 Å². The Kier molecular flexibility index (Phi) is 5.86. The molecule has 0 aliphatic rings. The van der Waals surface area contributed by atoms with Crippen molar-refractivity contribution in [2.24, 2.45) is 5.10 Å². The first-order valence-electron chi connectivity index (χ1n) is 7.11. The van der Waals surface area contributed by atoms with Gasteiger partial charge in [0.15, 0.2) is 0 Å². The van der Waals surface area contributed by atoms with Crippen molar-refractivity contribution in [1.82, 2.24) is 0 Å². The topological polar surface area (TPSA) is 27.6 Å². The Labute approximate surface area is 145 Å². The number of hydrogen-bond donors (Lipinski definition) is 1. The SMILES string of the molecule is CCN(/N=C(\C)c1cc(Cl)ccc1NC)c1ccc(Br)cc1. The second-order valence-corrected chi connectivity index (χ2v) is 6.17. The molecular formula is C17H19BrClN3. The van der Waals surface area contributed by atoms with Crippen LogP contribution in [0.5, 0.6) is 0 Å². The van der Waals surface area contributed by atoms with Gasteiger partial charge in [-0.05, 0) is 56.3 Å². The largest absolute Gasteiger partial charge is 0.388 e. The Morgan fingerprint density at radius 2 is 1.91 bits per heavy atom. The first kappa shape index (κ1) is 16.8. The molecule has 116 valence electrons. The third-order valence-corrected chi connectivity index (χ3v) is 4.10. The highest BCUT2D eigenvalue weighted by atomic mass is 79.9. The van der Waals surface area contributed by atoms with Crippen molar-refractivity contribution >= 4 is 44.6 Å². The van der Waals surface area contributed by atoms with Gasteiger partial charge in [-0.2, -0.15) is 5.10 Å². The molecule has 0 aromatic heterocycles. The van der Waals surface area contributed by atoms with Crippen molar-refractivity contribution in [3.05, 3.63) is 57.5 Å². The molecule has 0 saturated carbocycles. The lowest BCUT2D eigenvalue weighted by Crippen LogP contribution is -2.18. The zero-order valence-corrected chi connectivity index (χ0v) is 15.2. The van der Waals surface area contributed by atoms with Gasteiger partial charge in [0, 0.05) is 34.3 Å². The Morgan fingerprint density at radius 1 is 1.23 bits per heavy atom. The Bertz CT molecular complexity index is 668. The van der Waals surface area contributed by atoms with Gasteiger partial charge < -0.3 is 5.32 Å². The molecule has 0 radical (unpaired) electrons. The van der Waals surface area contributed by atoms with Crippen LogP contribution in [-0.2, 0) is 0 Å². The van der Waals surface area contributed by atoms with Gasteiger partial charge >= 0.3 is 0 Å². The number of halogens is 2. The molecule has 0 heterocycles. The number of nitrogens with one attached hydrogen (secondary N) is 1. The van der Waals surface area contributed by atoms with Gasteiger partial charge in [-0.15, -0.1) is 0 Å². The van der Waals surface area contributed by atoms with Crippen LogP contribution in [0.1, 0.15) is 19.4 Å². The predicted octanol–water partition coefficient (Wildman–Crippen LogP) is 5.39. The zero-order chi connectivity index (χ0) is 16.1. The summed E-state index contributed by atoms with van der Waals surface area (Å²) in [4.78, 5) is 0. The van der Waals surface area contributed by atoms with Crippen LogP contribution < -0.4 is 10.3 Å². The molecule has 0 unspecified atom stereocenters. The molecule has 0 saturated heterocycles. The van der Waals surface area contributed by atoms with E-state index in [1.54, 1.807) is 0 Å². The van der Waals surface area contributed by atoms with Crippen LogP contribution >= 0.6 is 27.5 Å². The van der Waals surface area contributed by atoms with E-state index in [9.17, 15) is 0 Å². The second kappa shape index (κ2) is 7.65. The average Bonchev–Trinajstić information content (AvgIpc) is 2.53. The third kappa shape index (κ3) is 4.02. The van der Waals surface area contributed by atoms with Gasteiger partial charge in [0.25, 0.3) is 0 Å². The number of benzene rings is 2. The first-order chi connectivity index (χ1) is 10.5. The van der Waals surface area contributed by atoms with Gasteiger partial charge in [0.1, 0.15) is 0 Å². The highest BCUT2D eigenvalue weighted by molar-refractivity contribution is 9.10. The summed E-state index contributed by atoms with van der Waals surface area (Å²) in [6, 6.07) is 13.9. The zero-order valence-electron chi connectivity index (χ0n) is 12.9. The van der Waals surface area contributed by atoms with Crippen LogP contribution in [0.2, 0.25) is 5.02 Å². The van der Waals surface area contributed by atoms with Crippen LogP contribution in [0.25, 0.3) is 0 Å². The maximum Gasteiger partial charge on any atom is 0.0672 e. The van der Waals surface area contributed by atoms with Crippen molar-refractivity contribution in [2.45, 2.75) is 13.8 Å². The quantitative estimate of drug-likeness (QED) is 0.556. The van der Waals surface area contributed by atoms with Crippen LogP contribution in [-0.4, -0.2) is 19.3 Å². The lowest BCUT2D eigenvalue weighted by molar-refractivity contribution is 0.892. The lowest BCUT2D eigenvalue weighted by atomic mass is 10.1. The Balaban J connectivity index is 2.37. The number of nitrogens with zero attached hydrogens (tertiary/aromatic N) is 2. The van der Waals surface area contributed by atoms with E-state index in [0.29, 0.717) is 5.02 Å². The van der Waals surface area contributed by atoms with Crippen molar-refractivity contribution in [1.29, 1.82) is 0 Å². The summed E-state index contributed by atoms with van der Waals surface area (Å²) in [6.45, 7) is 4.86. The second-order valence-electron chi connectivity index (χ2n) is 4.82. The molecule has 22 heavy (non-hydrogen) atoms. The fraction of sp³-hybridized carbons (Fsp3) is 0.235. The summed E-state index contributed by atoms with van der Waals surface area (Å²) >= 11 is 9.57. The molecule has 0 aliphatic heterocycles. The van der Waals surface area contributed by atoms with E-state index >= 15 is 0 Å². The fourth-order valence-corrected chi connectivity index (χ4v) is 2.63. The summed E-state index contributed by atoms with van der Waals surface area (Å²) in [5, 5.41) is 10.6. The van der Waals surface area contributed by atoms with Crippen molar-refractivity contribution in [3.8, 4) is 0 Å². The minimum absolute atomic E-state index is 0.704. The number of hydrazone groups is 1. The molecule has 3 nitrogen and oxygen atoms in total. The van der Waals surface area contributed by atoms with Gasteiger partial charge in [-0.1, -0.05) is 27.5 Å². The predicted molar refractivity (Wildman–Crippen MR) is 100 cm³/mol. The molecule has 2 rings (SSSR count). The first-order valence-corrected chi connectivity index (χ1v) is 8.28. The summed E-state index contributed by atoms with van der Waals surface area (Å²) in [5.74, 6) is 0. The molecule has 0 fully saturated rings. The number of hydrogen-bond acceptors (Lipinski definition) is 3. The third-order valence-electron chi connectivity index (χ3n) is 3.34. The Morgan fingerprint density at radius 3 is 2.50 bits per heavy atom. The van der Waals surface area contributed by atoms with E-state index < -0.39 is 0 Å². The van der Waals surface area contributed by atoms with E-state index in [0.717, 1.165) is 33.7 Å². The van der Waals surface area contributed by atoms with E-state index in [-0.39, 0.29) is 0 Å². The summed E-state index contributed by atoms with van der Waals surface area (Å²) in [7, 11) is 1.90. The molecular weight excluding hydrogens is 362 g/mol. The smallest absolute Gasteiger partial charge is 0.0672 e. The maximum absolute atomic E-state index is 6.12. The van der Waals surface area contributed by atoms with Crippen LogP contribution in [0.4, 0.5) is 11.4 Å². The van der Waals surface area contributed by atoms with Gasteiger partial charge in [-0.3, -0.25) is 5.01 Å². The molecule has 1 N–H and O–H groups in total. The molecule has 0 bridgehead atoms. The standard InChI is InChI=1S/C17H19BrClN3/c1-4-22(15-8-5-13(18)6-9-15)21-12(2)16-11-14(19)7-10-17(16)20-3/h5-11,20H,4H2,1-3H3/b21-12+. The van der Waals surface area contributed by atoms with Crippen molar-refractivity contribution in [3.63, 3.8) is 0 Å². The van der Waals surface area contributed by atoms with Crippen LogP contribution in [0.3, 0.4) is 0 Å². The van der Waals surface area contributed by atoms with Crippen molar-refractivity contribution in [2.75, 3.05) is 23.9 Å². The van der Waals surface area contributed by atoms with E-state index in [1.807, 2.05) is 61.4 Å². The van der Waals surface area contributed by atoms with Crippen LogP contribution in [0.15, 0.2) is 52.0 Å². The van der Waals surface area contributed by atoms with Gasteiger partial charge in [0.2, 0.25) is 0 Å². The molecule has 0 aliphatic carbocycles. The highest BCUT2D eigenvalue weighted by Crippen LogP contribution is 2.23. The normalized spacial score (nSPS) is 11.4. The van der Waals surface area contributed by atoms with E-state index in [1.165, 1.54) is 0 Å². The monoisotopic (exact) mass is 379 g/mol. The van der Waals surface area contributed by atoms with Crippen molar-refractivity contribution < 1.29 is 0 Å². The van der Waals surface area contributed by atoms with Gasteiger partial charge in [0.05, 0.1) is 11.4 Å².